The molecule has 0 saturated heterocycles. The molecule has 0 heterocycles. The number of nitrogens with zero attached hydrogens (tertiary/aromatic N) is 2. The van der Waals surface area contributed by atoms with Gasteiger partial charge in [0.05, 0.1) is 10.2 Å². The van der Waals surface area contributed by atoms with E-state index in [4.69, 9.17) is 50.4 Å². The van der Waals surface area contributed by atoms with E-state index in [1.165, 1.54) is 0 Å². The number of rotatable bonds is 0. The van der Waals surface area contributed by atoms with E-state index in [2.05, 4.69) is 0 Å². The fourth-order valence-corrected chi connectivity index (χ4v) is 0. The van der Waals surface area contributed by atoms with Crippen molar-refractivity contribution in [3.8, 4) is 0 Å². The van der Waals surface area contributed by atoms with Crippen LogP contribution in [0.4, 0.5) is 0 Å². The van der Waals surface area contributed by atoms with Crippen LogP contribution in [0.15, 0.2) is 0 Å². The Morgan fingerprint density at radius 2 is 0.867 bits per heavy atom. The molecular weight excluding hydrogens is 271 g/mol. The van der Waals surface area contributed by atoms with Crippen molar-refractivity contribution < 1.29 is 46.8 Å². The SMILES string of the molecule is O=C(O)C(=O)O.O=[N+]([O-])[O-].O=[N+]([O-])[O-].[Co+2]. The van der Waals surface area contributed by atoms with Crippen LogP contribution in [0.25, 0.3) is 0 Å². The quantitative estimate of drug-likeness (QED) is 0.301. The number of carboxylic acids is 2. The Labute approximate surface area is 90.1 Å². The van der Waals surface area contributed by atoms with Crippen molar-refractivity contribution in [2.24, 2.45) is 0 Å². The van der Waals surface area contributed by atoms with Crippen LogP contribution < -0.4 is 0 Å². The summed E-state index contributed by atoms with van der Waals surface area (Å²) in [5.74, 6) is -3.65. The molecule has 15 heavy (non-hydrogen) atoms. The summed E-state index contributed by atoms with van der Waals surface area (Å²) < 4.78 is 0. The standard InChI is InChI=1S/C2H2O4.Co.2NO3/c3-1(4)2(5)6;;2*2-1(3)4/h(H,3,4)(H,5,6);;;/q;+2;2*-1. The monoisotopic (exact) mass is 273 g/mol. The zero-order chi connectivity index (χ0) is 12.3. The molecule has 2 N–H and O–H groups in total. The molecule has 0 rings (SSSR count). The van der Waals surface area contributed by atoms with Crippen molar-refractivity contribution in [2.75, 3.05) is 0 Å². The van der Waals surface area contributed by atoms with Gasteiger partial charge in [0.2, 0.25) is 0 Å². The smallest absolute Gasteiger partial charge is 0.473 e. The summed E-state index contributed by atoms with van der Waals surface area (Å²) in [6.45, 7) is 0. The average Bonchev–Trinajstić information content (AvgIpc) is 1.83. The van der Waals surface area contributed by atoms with Crippen LogP contribution in [0.1, 0.15) is 0 Å². The summed E-state index contributed by atoms with van der Waals surface area (Å²) >= 11 is 0. The van der Waals surface area contributed by atoms with Crippen LogP contribution in [0.3, 0.4) is 0 Å². The van der Waals surface area contributed by atoms with Crippen LogP contribution in [0.5, 0.6) is 0 Å². The van der Waals surface area contributed by atoms with Gasteiger partial charge < -0.3 is 40.9 Å². The molecule has 0 aromatic carbocycles. The van der Waals surface area contributed by atoms with E-state index in [0.717, 1.165) is 0 Å². The first-order chi connectivity index (χ1) is 6.11. The van der Waals surface area contributed by atoms with Gasteiger partial charge in [-0.3, -0.25) is 0 Å². The van der Waals surface area contributed by atoms with Crippen molar-refractivity contribution in [1.29, 1.82) is 0 Å². The molecule has 0 unspecified atom stereocenters. The van der Waals surface area contributed by atoms with Gasteiger partial charge in [-0.25, -0.2) is 9.59 Å². The molecule has 0 aliphatic heterocycles. The second-order valence-electron chi connectivity index (χ2n) is 1.06. The van der Waals surface area contributed by atoms with Crippen LogP contribution in [-0.2, 0) is 26.4 Å². The molecule has 0 spiro atoms. The maximum Gasteiger partial charge on any atom is 2.00 e. The third-order valence-corrected chi connectivity index (χ3v) is 0.183. The maximum atomic E-state index is 9.10. The van der Waals surface area contributed by atoms with Crippen molar-refractivity contribution >= 4 is 11.9 Å². The summed E-state index contributed by atoms with van der Waals surface area (Å²) in [6.07, 6.45) is 0. The van der Waals surface area contributed by atoms with Crippen LogP contribution in [-0.4, -0.2) is 32.3 Å². The van der Waals surface area contributed by atoms with Gasteiger partial charge in [-0.05, 0) is 0 Å². The molecule has 13 heteroatoms. The number of hydrogen-bond donors (Lipinski definition) is 2. The van der Waals surface area contributed by atoms with E-state index in [9.17, 15) is 0 Å². The summed E-state index contributed by atoms with van der Waals surface area (Å²) in [5, 5.41) is 44.3. The predicted molar refractivity (Wildman–Crippen MR) is 36.0 cm³/mol. The van der Waals surface area contributed by atoms with Crippen molar-refractivity contribution in [3.05, 3.63) is 30.6 Å². The second-order valence-corrected chi connectivity index (χ2v) is 1.06. The van der Waals surface area contributed by atoms with Gasteiger partial charge in [0, 0.05) is 0 Å². The van der Waals surface area contributed by atoms with Gasteiger partial charge in [0.15, 0.2) is 0 Å². The Morgan fingerprint density at radius 1 is 0.800 bits per heavy atom. The fourth-order valence-electron chi connectivity index (χ4n) is 0. The third-order valence-electron chi connectivity index (χ3n) is 0.183. The van der Waals surface area contributed by atoms with E-state index in [1.807, 2.05) is 0 Å². The number of carbonyl (C=O) groups is 2. The Bertz CT molecular complexity index is 193. The van der Waals surface area contributed by atoms with Crippen LogP contribution in [0, 0.1) is 30.6 Å². The molecule has 0 aromatic heterocycles. The minimum absolute atomic E-state index is 0. The number of hydrogen-bond acceptors (Lipinski definition) is 8. The van der Waals surface area contributed by atoms with Gasteiger partial charge >= 0.3 is 28.7 Å². The zero-order valence-electron chi connectivity index (χ0n) is 6.39. The fraction of sp³-hybridized carbons (Fsp3) is 0. The molecule has 0 fully saturated rings. The van der Waals surface area contributed by atoms with Gasteiger partial charge in [-0.1, -0.05) is 0 Å². The van der Waals surface area contributed by atoms with Gasteiger partial charge in [0.25, 0.3) is 0 Å². The Kier molecular flexibility index (Phi) is 22.1. The van der Waals surface area contributed by atoms with Crippen molar-refractivity contribution in [3.63, 3.8) is 0 Å². The Morgan fingerprint density at radius 3 is 0.867 bits per heavy atom. The molecule has 0 aliphatic carbocycles. The predicted octanol–water partition coefficient (Wildman–Crippen LogP) is -1.33. The normalized spacial score (nSPS) is 6.13. The van der Waals surface area contributed by atoms with Crippen LogP contribution in [0.2, 0.25) is 0 Å². The van der Waals surface area contributed by atoms with E-state index in [0.29, 0.717) is 0 Å². The van der Waals surface area contributed by atoms with Crippen LogP contribution >= 0.6 is 0 Å². The molecule has 12 nitrogen and oxygen atoms in total. The zero-order valence-corrected chi connectivity index (χ0v) is 7.43. The molecule has 0 amide bonds. The third kappa shape index (κ3) is 337. The first-order valence-electron chi connectivity index (χ1n) is 2.20. The molecule has 0 bridgehead atoms. The average molecular weight is 273 g/mol. The van der Waals surface area contributed by atoms with Crippen molar-refractivity contribution in [2.45, 2.75) is 0 Å². The van der Waals surface area contributed by atoms with E-state index < -0.39 is 22.1 Å². The van der Waals surface area contributed by atoms with E-state index in [1.54, 1.807) is 0 Å². The van der Waals surface area contributed by atoms with Crippen molar-refractivity contribution in [1.82, 2.24) is 0 Å². The molecule has 0 aliphatic rings. The summed E-state index contributed by atoms with van der Waals surface area (Å²) in [5.41, 5.74) is 0. The van der Waals surface area contributed by atoms with E-state index >= 15 is 0 Å². The molecule has 1 radical (unpaired) electrons. The summed E-state index contributed by atoms with van der Waals surface area (Å²) in [6, 6.07) is 0. The number of carboxylic acid groups (broad SMARTS) is 2. The first kappa shape index (κ1) is 23.0. The molecule has 89 valence electrons. The van der Waals surface area contributed by atoms with Gasteiger partial charge in [0.1, 0.15) is 0 Å². The maximum absolute atomic E-state index is 9.10. The first-order valence-corrected chi connectivity index (χ1v) is 2.20. The largest absolute Gasteiger partial charge is 2.00 e. The van der Waals surface area contributed by atoms with Gasteiger partial charge in [-0.15, -0.1) is 0 Å². The molecule has 0 saturated carbocycles. The minimum Gasteiger partial charge on any atom is -0.473 e. The van der Waals surface area contributed by atoms with Gasteiger partial charge in [-0.2, -0.15) is 0 Å². The Balaban J connectivity index is -0.0000000606. The molecule has 0 aromatic rings. The van der Waals surface area contributed by atoms with E-state index in [-0.39, 0.29) is 16.8 Å². The minimum atomic E-state index is -1.82. The Hall–Kier alpha value is -2.15. The number of aliphatic carboxylic acids is 2. The molecule has 0 atom stereocenters. The summed E-state index contributed by atoms with van der Waals surface area (Å²) in [4.78, 5) is 34.7. The molecular formula is C2H2CoN2O10. The second kappa shape index (κ2) is 14.4. The summed E-state index contributed by atoms with van der Waals surface area (Å²) in [7, 11) is 0. The topological polar surface area (TPSA) is 207 Å².